The Morgan fingerprint density at radius 3 is 2.90 bits per heavy atom. The molecule has 0 saturated heterocycles. The smallest absolute Gasteiger partial charge is 0.342 e. The Bertz CT molecular complexity index is 646. The van der Waals surface area contributed by atoms with Gasteiger partial charge in [0.2, 0.25) is 0 Å². The fourth-order valence-corrected chi connectivity index (χ4v) is 1.76. The second-order valence-corrected chi connectivity index (χ2v) is 4.12. The third-order valence-corrected chi connectivity index (χ3v) is 2.69. The average molecular weight is 280 g/mol. The first-order valence-corrected chi connectivity index (χ1v) is 5.74. The fourth-order valence-electron chi connectivity index (χ4n) is 1.76. The molecule has 0 aliphatic carbocycles. The Morgan fingerprint density at radius 2 is 2.25 bits per heavy atom. The van der Waals surface area contributed by atoms with Crippen LogP contribution in [-0.4, -0.2) is 40.5 Å². The molecular weight excluding hydrogens is 268 g/mol. The van der Waals surface area contributed by atoms with Crippen LogP contribution in [-0.2, 0) is 24.3 Å². The van der Waals surface area contributed by atoms with E-state index in [0.717, 1.165) is 0 Å². The number of carboxylic acids is 1. The summed E-state index contributed by atoms with van der Waals surface area (Å²) in [6, 6.07) is 0. The lowest BCUT2D eigenvalue weighted by Gasteiger charge is -2.02. The molecule has 2 aromatic rings. The van der Waals surface area contributed by atoms with E-state index in [9.17, 15) is 14.9 Å². The third-order valence-electron chi connectivity index (χ3n) is 2.69. The second kappa shape index (κ2) is 5.47. The molecule has 0 aliphatic rings. The summed E-state index contributed by atoms with van der Waals surface area (Å²) in [6.07, 6.45) is 2.50. The van der Waals surface area contributed by atoms with Crippen LogP contribution in [0, 0.1) is 17.0 Å². The Hall–Kier alpha value is -2.78. The first kappa shape index (κ1) is 13.6. The number of hydrogen-bond acceptors (Lipinski definition) is 6. The topological polar surface area (TPSA) is 129 Å². The Kier molecular flexibility index (Phi) is 3.73. The van der Waals surface area contributed by atoms with Crippen molar-refractivity contribution in [2.75, 3.05) is 0 Å². The van der Waals surface area contributed by atoms with Crippen LogP contribution in [0.2, 0.25) is 0 Å². The first-order valence-electron chi connectivity index (χ1n) is 5.74. The van der Waals surface area contributed by atoms with Crippen molar-refractivity contribution in [3.05, 3.63) is 34.0 Å². The van der Waals surface area contributed by atoms with E-state index >= 15 is 0 Å². The monoisotopic (exact) mass is 280 g/mol. The van der Waals surface area contributed by atoms with Crippen molar-refractivity contribution in [2.45, 2.75) is 26.4 Å². The van der Waals surface area contributed by atoms with E-state index < -0.39 is 10.9 Å². The molecule has 0 aliphatic heterocycles. The lowest BCUT2D eigenvalue weighted by molar-refractivity contribution is -0.392. The van der Waals surface area contributed by atoms with E-state index in [1.54, 1.807) is 6.92 Å². The highest BCUT2D eigenvalue weighted by Gasteiger charge is 2.17. The zero-order valence-corrected chi connectivity index (χ0v) is 10.6. The minimum Gasteiger partial charge on any atom is -0.481 e. The van der Waals surface area contributed by atoms with Crippen LogP contribution in [0.3, 0.4) is 0 Å². The summed E-state index contributed by atoms with van der Waals surface area (Å²) < 4.78 is 2.90. The van der Waals surface area contributed by atoms with Crippen molar-refractivity contribution >= 4 is 11.8 Å². The number of nitro groups is 1. The van der Waals surface area contributed by atoms with Crippen molar-refractivity contribution < 1.29 is 14.8 Å². The molecule has 0 amide bonds. The molecule has 0 spiro atoms. The number of nitrogens with zero attached hydrogens (tertiary/aromatic N) is 6. The van der Waals surface area contributed by atoms with Gasteiger partial charge in [-0.2, -0.15) is 0 Å². The van der Waals surface area contributed by atoms with Gasteiger partial charge in [-0.15, -0.1) is 5.10 Å². The summed E-state index contributed by atoms with van der Waals surface area (Å²) in [6.45, 7) is 2.31. The molecule has 2 heterocycles. The van der Waals surface area contributed by atoms with E-state index in [-0.39, 0.29) is 12.2 Å². The lowest BCUT2D eigenvalue weighted by Crippen LogP contribution is -2.11. The van der Waals surface area contributed by atoms with Gasteiger partial charge in [0.15, 0.2) is 5.82 Å². The standard InChI is InChI=1S/C10H12N6O4/c1-7-11-5-9(16(19)20)15(7)3-2-14-6-8(12-13-14)4-10(17)18/h5-6H,2-4H2,1H3,(H,17,18). The number of carboxylic acid groups (broad SMARTS) is 1. The minimum atomic E-state index is -0.988. The summed E-state index contributed by atoms with van der Waals surface area (Å²) in [5.41, 5.74) is 0.342. The molecule has 0 fully saturated rings. The molecule has 2 aromatic heterocycles. The molecule has 0 radical (unpaired) electrons. The van der Waals surface area contributed by atoms with Crippen LogP contribution < -0.4 is 0 Å². The summed E-state index contributed by atoms with van der Waals surface area (Å²) in [5.74, 6) is -0.547. The molecule has 10 heteroatoms. The van der Waals surface area contributed by atoms with Gasteiger partial charge in [0.05, 0.1) is 18.7 Å². The number of aliphatic carboxylic acids is 1. The zero-order valence-electron chi connectivity index (χ0n) is 10.6. The van der Waals surface area contributed by atoms with Gasteiger partial charge in [-0.3, -0.25) is 4.79 Å². The van der Waals surface area contributed by atoms with Crippen molar-refractivity contribution in [3.8, 4) is 0 Å². The van der Waals surface area contributed by atoms with Gasteiger partial charge < -0.3 is 15.2 Å². The largest absolute Gasteiger partial charge is 0.481 e. The van der Waals surface area contributed by atoms with E-state index in [1.807, 2.05) is 0 Å². The molecule has 0 aromatic carbocycles. The van der Waals surface area contributed by atoms with Crippen LogP contribution in [0.15, 0.2) is 12.4 Å². The van der Waals surface area contributed by atoms with Crippen molar-refractivity contribution in [3.63, 3.8) is 0 Å². The average Bonchev–Trinajstić information content (AvgIpc) is 2.93. The quantitative estimate of drug-likeness (QED) is 0.583. The number of hydrogen-bond donors (Lipinski definition) is 1. The Balaban J connectivity index is 2.05. The fraction of sp³-hybridized carbons (Fsp3) is 0.400. The first-order chi connectivity index (χ1) is 9.47. The Labute approximate surface area is 112 Å². The van der Waals surface area contributed by atoms with Crippen molar-refractivity contribution in [1.29, 1.82) is 0 Å². The summed E-state index contributed by atoms with van der Waals surface area (Å²) >= 11 is 0. The number of aryl methyl sites for hydroxylation is 2. The van der Waals surface area contributed by atoms with Crippen LogP contribution in [0.4, 0.5) is 5.82 Å². The maximum atomic E-state index is 10.8. The predicted octanol–water partition coefficient (Wildman–Crippen LogP) is 0.0185. The maximum Gasteiger partial charge on any atom is 0.342 e. The molecule has 10 nitrogen and oxygen atoms in total. The molecule has 1 N–H and O–H groups in total. The molecule has 0 bridgehead atoms. The molecule has 0 atom stereocenters. The van der Waals surface area contributed by atoms with Gasteiger partial charge >= 0.3 is 11.8 Å². The van der Waals surface area contributed by atoms with Crippen LogP contribution in [0.5, 0.6) is 0 Å². The normalized spacial score (nSPS) is 10.7. The highest BCUT2D eigenvalue weighted by Crippen LogP contribution is 2.13. The van der Waals surface area contributed by atoms with Crippen LogP contribution >= 0.6 is 0 Å². The van der Waals surface area contributed by atoms with Gasteiger partial charge in [0.1, 0.15) is 12.7 Å². The van der Waals surface area contributed by atoms with Gasteiger partial charge in [-0.25, -0.2) is 14.2 Å². The van der Waals surface area contributed by atoms with Crippen LogP contribution in [0.1, 0.15) is 11.5 Å². The number of carbonyl (C=O) groups is 1. The molecule has 0 unspecified atom stereocenters. The summed E-state index contributed by atoms with van der Waals surface area (Å²) in [4.78, 5) is 24.7. The van der Waals surface area contributed by atoms with E-state index in [4.69, 9.17) is 5.11 Å². The number of aromatic nitrogens is 5. The number of imidazole rings is 1. The van der Waals surface area contributed by atoms with Crippen LogP contribution in [0.25, 0.3) is 0 Å². The molecule has 2 rings (SSSR count). The predicted molar refractivity (Wildman–Crippen MR) is 65.0 cm³/mol. The van der Waals surface area contributed by atoms with E-state index in [2.05, 4.69) is 15.3 Å². The summed E-state index contributed by atoms with van der Waals surface area (Å²) in [7, 11) is 0. The second-order valence-electron chi connectivity index (χ2n) is 4.12. The Morgan fingerprint density at radius 1 is 1.50 bits per heavy atom. The van der Waals surface area contributed by atoms with E-state index in [0.29, 0.717) is 24.6 Å². The van der Waals surface area contributed by atoms with Gasteiger partial charge in [0, 0.05) is 13.1 Å². The minimum absolute atomic E-state index is 0.0895. The highest BCUT2D eigenvalue weighted by atomic mass is 16.6. The molecule has 20 heavy (non-hydrogen) atoms. The molecule has 106 valence electrons. The summed E-state index contributed by atoms with van der Waals surface area (Å²) in [5, 5.41) is 26.9. The zero-order chi connectivity index (χ0) is 14.7. The number of rotatable bonds is 6. The van der Waals surface area contributed by atoms with Gasteiger partial charge in [-0.05, 0) is 4.92 Å². The lowest BCUT2D eigenvalue weighted by atomic mass is 10.3. The van der Waals surface area contributed by atoms with E-state index in [1.165, 1.54) is 21.6 Å². The maximum absolute atomic E-state index is 10.8. The van der Waals surface area contributed by atoms with Crippen molar-refractivity contribution in [1.82, 2.24) is 24.5 Å². The van der Waals surface area contributed by atoms with Gasteiger partial charge in [0.25, 0.3) is 0 Å². The molecule has 0 saturated carbocycles. The van der Waals surface area contributed by atoms with Gasteiger partial charge in [-0.1, -0.05) is 5.21 Å². The molecular formula is C10H12N6O4. The highest BCUT2D eigenvalue weighted by molar-refractivity contribution is 5.69. The third kappa shape index (κ3) is 2.96. The SMILES string of the molecule is Cc1ncc([N+](=O)[O-])n1CCn1cc(CC(=O)O)nn1. The van der Waals surface area contributed by atoms with Crippen molar-refractivity contribution in [2.24, 2.45) is 0 Å².